The molecule has 0 bridgehead atoms. The lowest BCUT2D eigenvalue weighted by molar-refractivity contribution is -0.0630. The molecular weight excluding hydrogens is 270 g/mol. The van der Waals surface area contributed by atoms with Gasteiger partial charge in [0.1, 0.15) is 0 Å². The molecule has 0 aromatic carbocycles. The summed E-state index contributed by atoms with van der Waals surface area (Å²) >= 11 is 1.74. The summed E-state index contributed by atoms with van der Waals surface area (Å²) in [5.74, 6) is 0. The van der Waals surface area contributed by atoms with Crippen molar-refractivity contribution >= 4 is 11.3 Å². The third-order valence-electron chi connectivity index (χ3n) is 3.76. The first kappa shape index (κ1) is 13.8. The zero-order chi connectivity index (χ0) is 14.0. The molecule has 0 aliphatic carbocycles. The van der Waals surface area contributed by atoms with Crippen molar-refractivity contribution in [3.05, 3.63) is 29.3 Å². The minimum absolute atomic E-state index is 0.0110. The van der Waals surface area contributed by atoms with E-state index in [0.717, 1.165) is 31.7 Å². The molecule has 2 aromatic rings. The highest BCUT2D eigenvalue weighted by molar-refractivity contribution is 7.13. The van der Waals surface area contributed by atoms with Crippen molar-refractivity contribution in [1.82, 2.24) is 15.5 Å². The summed E-state index contributed by atoms with van der Waals surface area (Å²) in [6.07, 6.45) is 4.06. The number of hydrogen-bond acceptors (Lipinski definition) is 4. The van der Waals surface area contributed by atoms with Crippen molar-refractivity contribution in [2.24, 2.45) is 0 Å². The van der Waals surface area contributed by atoms with Crippen molar-refractivity contribution < 1.29 is 4.74 Å². The van der Waals surface area contributed by atoms with E-state index in [9.17, 15) is 0 Å². The lowest BCUT2D eigenvalue weighted by Gasteiger charge is -2.36. The molecule has 2 aromatic heterocycles. The highest BCUT2D eigenvalue weighted by Crippen LogP contribution is 2.27. The molecule has 3 heterocycles. The van der Waals surface area contributed by atoms with Crippen LogP contribution in [0.4, 0.5) is 0 Å². The summed E-state index contributed by atoms with van der Waals surface area (Å²) in [5, 5.41) is 13.0. The SMILES string of the molecule is CC1(C)CC(NCc2cn[nH]c2-c2cccs2)CCO1. The maximum Gasteiger partial charge on any atom is 0.0794 e. The number of aromatic nitrogens is 2. The van der Waals surface area contributed by atoms with Crippen LogP contribution in [-0.4, -0.2) is 28.4 Å². The highest BCUT2D eigenvalue weighted by atomic mass is 32.1. The third kappa shape index (κ3) is 3.11. The fraction of sp³-hybridized carbons (Fsp3) is 0.533. The topological polar surface area (TPSA) is 49.9 Å². The van der Waals surface area contributed by atoms with E-state index in [-0.39, 0.29) is 5.60 Å². The lowest BCUT2D eigenvalue weighted by Crippen LogP contribution is -2.43. The molecule has 108 valence electrons. The van der Waals surface area contributed by atoms with Gasteiger partial charge in [0.2, 0.25) is 0 Å². The van der Waals surface area contributed by atoms with Crippen molar-refractivity contribution in [1.29, 1.82) is 0 Å². The minimum atomic E-state index is -0.0110. The summed E-state index contributed by atoms with van der Waals surface area (Å²) in [6, 6.07) is 4.71. The van der Waals surface area contributed by atoms with Gasteiger partial charge in [0.05, 0.1) is 22.4 Å². The van der Waals surface area contributed by atoms with Gasteiger partial charge < -0.3 is 10.1 Å². The van der Waals surface area contributed by atoms with Gasteiger partial charge in [0.15, 0.2) is 0 Å². The number of thiophene rings is 1. The Morgan fingerprint density at radius 3 is 3.20 bits per heavy atom. The molecular formula is C15H21N3OS. The van der Waals surface area contributed by atoms with E-state index >= 15 is 0 Å². The van der Waals surface area contributed by atoms with E-state index in [4.69, 9.17) is 4.74 Å². The molecule has 0 amide bonds. The number of nitrogens with zero attached hydrogens (tertiary/aromatic N) is 1. The molecule has 0 saturated carbocycles. The maximum atomic E-state index is 5.76. The summed E-state index contributed by atoms with van der Waals surface area (Å²) in [5.41, 5.74) is 2.36. The number of nitrogens with one attached hydrogen (secondary N) is 2. The van der Waals surface area contributed by atoms with Gasteiger partial charge in [-0.05, 0) is 38.1 Å². The first-order valence-electron chi connectivity index (χ1n) is 7.07. The minimum Gasteiger partial charge on any atom is -0.375 e. The standard InChI is InChI=1S/C15H21N3OS/c1-15(2)8-12(5-6-19-15)16-9-11-10-17-18-14(11)13-4-3-7-20-13/h3-4,7,10,12,16H,5-6,8-9H2,1-2H3,(H,17,18). The lowest BCUT2D eigenvalue weighted by atomic mass is 9.94. The van der Waals surface area contributed by atoms with Crippen LogP contribution in [0.2, 0.25) is 0 Å². The van der Waals surface area contributed by atoms with E-state index in [1.807, 2.05) is 6.20 Å². The fourth-order valence-corrected chi connectivity index (χ4v) is 3.50. The average Bonchev–Trinajstić information content (AvgIpc) is 3.06. The van der Waals surface area contributed by atoms with Crippen LogP contribution in [0.1, 0.15) is 32.3 Å². The maximum absolute atomic E-state index is 5.76. The molecule has 1 saturated heterocycles. The molecule has 5 heteroatoms. The Labute approximate surface area is 123 Å². The zero-order valence-electron chi connectivity index (χ0n) is 12.0. The summed E-state index contributed by atoms with van der Waals surface area (Å²) in [7, 11) is 0. The number of aromatic amines is 1. The first-order chi connectivity index (χ1) is 9.64. The monoisotopic (exact) mass is 291 g/mol. The van der Waals surface area contributed by atoms with Gasteiger partial charge in [0.25, 0.3) is 0 Å². The molecule has 0 spiro atoms. The van der Waals surface area contributed by atoms with Crippen LogP contribution in [0.5, 0.6) is 0 Å². The van der Waals surface area contributed by atoms with Crippen molar-refractivity contribution in [2.45, 2.75) is 44.9 Å². The van der Waals surface area contributed by atoms with Crippen LogP contribution in [-0.2, 0) is 11.3 Å². The van der Waals surface area contributed by atoms with Gasteiger partial charge in [0, 0.05) is 24.8 Å². The van der Waals surface area contributed by atoms with Crippen LogP contribution in [0, 0.1) is 0 Å². The predicted molar refractivity (Wildman–Crippen MR) is 81.8 cm³/mol. The van der Waals surface area contributed by atoms with Crippen LogP contribution in [0.3, 0.4) is 0 Å². The molecule has 20 heavy (non-hydrogen) atoms. The molecule has 3 rings (SSSR count). The van der Waals surface area contributed by atoms with Crippen molar-refractivity contribution in [3.63, 3.8) is 0 Å². The molecule has 2 N–H and O–H groups in total. The van der Waals surface area contributed by atoms with Crippen LogP contribution in [0.25, 0.3) is 10.6 Å². The number of rotatable bonds is 4. The highest BCUT2D eigenvalue weighted by Gasteiger charge is 2.28. The van der Waals surface area contributed by atoms with Gasteiger partial charge in [-0.15, -0.1) is 11.3 Å². The first-order valence-corrected chi connectivity index (χ1v) is 7.95. The van der Waals surface area contributed by atoms with E-state index in [0.29, 0.717) is 6.04 Å². The van der Waals surface area contributed by atoms with E-state index < -0.39 is 0 Å². The second-order valence-electron chi connectivity index (χ2n) is 5.93. The quantitative estimate of drug-likeness (QED) is 0.909. The van der Waals surface area contributed by atoms with E-state index in [2.05, 4.69) is 46.9 Å². The average molecular weight is 291 g/mol. The van der Waals surface area contributed by atoms with Crippen LogP contribution < -0.4 is 5.32 Å². The predicted octanol–water partition coefficient (Wildman–Crippen LogP) is 3.19. The van der Waals surface area contributed by atoms with Crippen LogP contribution in [0.15, 0.2) is 23.7 Å². The van der Waals surface area contributed by atoms with Crippen molar-refractivity contribution in [2.75, 3.05) is 6.61 Å². The van der Waals surface area contributed by atoms with Crippen molar-refractivity contribution in [3.8, 4) is 10.6 Å². The van der Waals surface area contributed by atoms with Gasteiger partial charge in [-0.1, -0.05) is 6.07 Å². The normalized spacial score (nSPS) is 22.0. The molecule has 0 radical (unpaired) electrons. The second-order valence-corrected chi connectivity index (χ2v) is 6.87. The molecule has 1 fully saturated rings. The fourth-order valence-electron chi connectivity index (χ4n) is 2.74. The Kier molecular flexibility index (Phi) is 3.92. The van der Waals surface area contributed by atoms with Gasteiger partial charge in [-0.2, -0.15) is 5.10 Å². The zero-order valence-corrected chi connectivity index (χ0v) is 12.8. The number of ether oxygens (including phenoxy) is 1. The molecule has 1 aliphatic heterocycles. The molecule has 1 atom stereocenters. The smallest absolute Gasteiger partial charge is 0.0794 e. The van der Waals surface area contributed by atoms with Gasteiger partial charge >= 0.3 is 0 Å². The van der Waals surface area contributed by atoms with Gasteiger partial charge in [-0.3, -0.25) is 5.10 Å². The second kappa shape index (κ2) is 5.68. The summed E-state index contributed by atoms with van der Waals surface area (Å²) in [6.45, 7) is 6.02. The Bertz CT molecular complexity index is 547. The Morgan fingerprint density at radius 2 is 2.45 bits per heavy atom. The Balaban J connectivity index is 1.63. The van der Waals surface area contributed by atoms with E-state index in [1.54, 1.807) is 11.3 Å². The van der Waals surface area contributed by atoms with E-state index in [1.165, 1.54) is 10.4 Å². The summed E-state index contributed by atoms with van der Waals surface area (Å²) < 4.78 is 5.76. The summed E-state index contributed by atoms with van der Waals surface area (Å²) in [4.78, 5) is 1.24. The van der Waals surface area contributed by atoms with Gasteiger partial charge in [-0.25, -0.2) is 0 Å². The molecule has 4 nitrogen and oxygen atoms in total. The Hall–Kier alpha value is -1.17. The largest absolute Gasteiger partial charge is 0.375 e. The molecule has 1 aliphatic rings. The number of hydrogen-bond donors (Lipinski definition) is 2. The number of H-pyrrole nitrogens is 1. The Morgan fingerprint density at radius 1 is 1.55 bits per heavy atom. The molecule has 1 unspecified atom stereocenters. The third-order valence-corrected chi connectivity index (χ3v) is 4.65. The van der Waals surface area contributed by atoms with Crippen LogP contribution >= 0.6 is 11.3 Å².